The van der Waals surface area contributed by atoms with Gasteiger partial charge in [-0.25, -0.2) is 0 Å². The highest BCUT2D eigenvalue weighted by Gasteiger charge is 2.20. The zero-order chi connectivity index (χ0) is 19.2. The summed E-state index contributed by atoms with van der Waals surface area (Å²) in [6.45, 7) is 5.75. The number of carbonyl (C=O) groups is 2. The standard InChI is InChI=1S/C22H26N2O2S/c1-16-9-3-4-10-18(16)17(2)23-22(26)19-11-5-6-12-20(19)27-15-21(25)24-13-7-8-14-24/h3-6,9-12,17H,7-8,13-15H2,1-2H3,(H,23,26). The number of benzene rings is 2. The number of aryl methyl sites for hydroxylation is 1. The van der Waals surface area contributed by atoms with Crippen LogP contribution in [-0.4, -0.2) is 35.6 Å². The Morgan fingerprint density at radius 1 is 1.07 bits per heavy atom. The van der Waals surface area contributed by atoms with Gasteiger partial charge in [-0.1, -0.05) is 36.4 Å². The highest BCUT2D eigenvalue weighted by atomic mass is 32.2. The van der Waals surface area contributed by atoms with Crippen LogP contribution in [0.1, 0.15) is 47.3 Å². The van der Waals surface area contributed by atoms with Crippen LogP contribution in [0.5, 0.6) is 0 Å². The van der Waals surface area contributed by atoms with E-state index in [0.29, 0.717) is 11.3 Å². The van der Waals surface area contributed by atoms with Gasteiger partial charge in [0.15, 0.2) is 0 Å². The summed E-state index contributed by atoms with van der Waals surface area (Å²) in [7, 11) is 0. The number of hydrogen-bond acceptors (Lipinski definition) is 3. The first-order valence-corrected chi connectivity index (χ1v) is 10.4. The summed E-state index contributed by atoms with van der Waals surface area (Å²) in [6, 6.07) is 15.5. The molecule has 1 N–H and O–H groups in total. The van der Waals surface area contributed by atoms with Gasteiger partial charge in [0.25, 0.3) is 5.91 Å². The number of rotatable bonds is 6. The highest BCUT2D eigenvalue weighted by Crippen LogP contribution is 2.25. The van der Waals surface area contributed by atoms with Crippen LogP contribution in [0.4, 0.5) is 0 Å². The second-order valence-corrected chi connectivity index (χ2v) is 7.94. The fourth-order valence-corrected chi connectivity index (χ4v) is 4.35. The van der Waals surface area contributed by atoms with Crippen LogP contribution in [0, 0.1) is 6.92 Å². The Labute approximate surface area is 165 Å². The second kappa shape index (κ2) is 9.09. The first-order chi connectivity index (χ1) is 13.1. The molecular formula is C22H26N2O2S. The van der Waals surface area contributed by atoms with Crippen molar-refractivity contribution >= 4 is 23.6 Å². The Bertz CT molecular complexity index is 815. The smallest absolute Gasteiger partial charge is 0.252 e. The van der Waals surface area contributed by atoms with E-state index in [1.165, 1.54) is 11.8 Å². The zero-order valence-corrected chi connectivity index (χ0v) is 16.7. The number of carbonyl (C=O) groups excluding carboxylic acids is 2. The molecule has 27 heavy (non-hydrogen) atoms. The van der Waals surface area contributed by atoms with Crippen molar-refractivity contribution in [1.82, 2.24) is 10.2 Å². The second-order valence-electron chi connectivity index (χ2n) is 6.92. The summed E-state index contributed by atoms with van der Waals surface area (Å²) in [5.74, 6) is 0.418. The summed E-state index contributed by atoms with van der Waals surface area (Å²) >= 11 is 1.44. The highest BCUT2D eigenvalue weighted by molar-refractivity contribution is 8.00. The minimum absolute atomic E-state index is 0.0806. The molecule has 1 saturated heterocycles. The molecule has 0 radical (unpaired) electrons. The maximum absolute atomic E-state index is 12.8. The third-order valence-corrected chi connectivity index (χ3v) is 6.00. The van der Waals surface area contributed by atoms with Gasteiger partial charge in [-0.05, 0) is 49.9 Å². The molecule has 1 fully saturated rings. The Hall–Kier alpha value is -2.27. The van der Waals surface area contributed by atoms with E-state index in [9.17, 15) is 9.59 Å². The summed E-state index contributed by atoms with van der Waals surface area (Å²) in [5.41, 5.74) is 2.89. The van der Waals surface area contributed by atoms with Crippen molar-refractivity contribution in [3.8, 4) is 0 Å². The van der Waals surface area contributed by atoms with Gasteiger partial charge in [-0.2, -0.15) is 0 Å². The molecule has 0 saturated carbocycles. The van der Waals surface area contributed by atoms with E-state index < -0.39 is 0 Å². The van der Waals surface area contributed by atoms with E-state index in [0.717, 1.165) is 42.0 Å². The Morgan fingerprint density at radius 3 is 2.48 bits per heavy atom. The molecule has 0 spiro atoms. The van der Waals surface area contributed by atoms with Crippen molar-refractivity contribution in [3.63, 3.8) is 0 Å². The van der Waals surface area contributed by atoms with Gasteiger partial charge < -0.3 is 10.2 Å². The Morgan fingerprint density at radius 2 is 1.74 bits per heavy atom. The molecule has 1 heterocycles. The number of hydrogen-bond donors (Lipinski definition) is 1. The summed E-state index contributed by atoms with van der Waals surface area (Å²) < 4.78 is 0. The Kier molecular flexibility index (Phi) is 6.56. The minimum atomic E-state index is -0.109. The third kappa shape index (κ3) is 4.92. The third-order valence-electron chi connectivity index (χ3n) is 4.94. The van der Waals surface area contributed by atoms with Crippen molar-refractivity contribution in [1.29, 1.82) is 0 Å². The van der Waals surface area contributed by atoms with Gasteiger partial charge in [0.1, 0.15) is 0 Å². The first kappa shape index (κ1) is 19.5. The number of nitrogens with one attached hydrogen (secondary N) is 1. The molecule has 2 aromatic carbocycles. The molecule has 2 amide bonds. The molecular weight excluding hydrogens is 356 g/mol. The van der Waals surface area contributed by atoms with Crippen LogP contribution in [0.2, 0.25) is 0 Å². The normalized spacial score (nSPS) is 14.8. The summed E-state index contributed by atoms with van der Waals surface area (Å²) in [6.07, 6.45) is 2.18. The van der Waals surface area contributed by atoms with Crippen molar-refractivity contribution < 1.29 is 9.59 Å². The molecule has 0 bridgehead atoms. The van der Waals surface area contributed by atoms with Crippen molar-refractivity contribution in [2.45, 2.75) is 37.6 Å². The van der Waals surface area contributed by atoms with Gasteiger partial charge in [0.2, 0.25) is 5.91 Å². The van der Waals surface area contributed by atoms with E-state index in [4.69, 9.17) is 0 Å². The van der Waals surface area contributed by atoms with Gasteiger partial charge in [-0.3, -0.25) is 9.59 Å². The number of likely N-dealkylation sites (tertiary alicyclic amines) is 1. The van der Waals surface area contributed by atoms with Crippen molar-refractivity contribution in [2.24, 2.45) is 0 Å². The fourth-order valence-electron chi connectivity index (χ4n) is 3.40. The minimum Gasteiger partial charge on any atom is -0.345 e. The van der Waals surface area contributed by atoms with Gasteiger partial charge in [0, 0.05) is 18.0 Å². The molecule has 1 atom stereocenters. The lowest BCUT2D eigenvalue weighted by atomic mass is 10.0. The maximum atomic E-state index is 12.8. The number of thioether (sulfide) groups is 1. The number of amides is 2. The number of nitrogens with zero attached hydrogens (tertiary/aromatic N) is 1. The largest absolute Gasteiger partial charge is 0.345 e. The van der Waals surface area contributed by atoms with E-state index in [-0.39, 0.29) is 17.9 Å². The molecule has 0 aliphatic carbocycles. The average Bonchev–Trinajstić information content (AvgIpc) is 3.21. The van der Waals surface area contributed by atoms with Crippen LogP contribution >= 0.6 is 11.8 Å². The monoisotopic (exact) mass is 382 g/mol. The molecule has 3 rings (SSSR count). The predicted molar refractivity (Wildman–Crippen MR) is 110 cm³/mol. The van der Waals surface area contributed by atoms with E-state index in [2.05, 4.69) is 5.32 Å². The van der Waals surface area contributed by atoms with E-state index >= 15 is 0 Å². The zero-order valence-electron chi connectivity index (χ0n) is 15.9. The first-order valence-electron chi connectivity index (χ1n) is 9.42. The average molecular weight is 383 g/mol. The molecule has 5 heteroatoms. The lowest BCUT2D eigenvalue weighted by molar-refractivity contribution is -0.127. The SMILES string of the molecule is Cc1ccccc1C(C)NC(=O)c1ccccc1SCC(=O)N1CCCC1. The topological polar surface area (TPSA) is 49.4 Å². The van der Waals surface area contributed by atoms with Gasteiger partial charge in [0.05, 0.1) is 17.4 Å². The van der Waals surface area contributed by atoms with Crippen molar-refractivity contribution in [2.75, 3.05) is 18.8 Å². The summed E-state index contributed by atoms with van der Waals surface area (Å²) in [5, 5.41) is 3.09. The molecule has 0 aromatic heterocycles. The van der Waals surface area contributed by atoms with Crippen LogP contribution in [0.25, 0.3) is 0 Å². The van der Waals surface area contributed by atoms with Gasteiger partial charge >= 0.3 is 0 Å². The molecule has 1 aliphatic heterocycles. The van der Waals surface area contributed by atoms with E-state index in [1.807, 2.05) is 67.3 Å². The maximum Gasteiger partial charge on any atom is 0.252 e. The van der Waals surface area contributed by atoms with Crippen molar-refractivity contribution in [3.05, 3.63) is 65.2 Å². The van der Waals surface area contributed by atoms with Crippen LogP contribution in [0.3, 0.4) is 0 Å². The molecule has 2 aromatic rings. The van der Waals surface area contributed by atoms with Crippen LogP contribution in [0.15, 0.2) is 53.4 Å². The lowest BCUT2D eigenvalue weighted by Gasteiger charge is -2.18. The summed E-state index contributed by atoms with van der Waals surface area (Å²) in [4.78, 5) is 27.9. The quantitative estimate of drug-likeness (QED) is 0.762. The molecule has 4 nitrogen and oxygen atoms in total. The van der Waals surface area contributed by atoms with Crippen LogP contribution < -0.4 is 5.32 Å². The molecule has 142 valence electrons. The van der Waals surface area contributed by atoms with Gasteiger partial charge in [-0.15, -0.1) is 11.8 Å². The molecule has 1 unspecified atom stereocenters. The predicted octanol–water partition coefficient (Wildman–Crippen LogP) is 4.20. The van der Waals surface area contributed by atoms with Crippen LogP contribution in [-0.2, 0) is 4.79 Å². The van der Waals surface area contributed by atoms with E-state index in [1.54, 1.807) is 0 Å². The molecule has 1 aliphatic rings. The fraction of sp³-hybridized carbons (Fsp3) is 0.364. The Balaban J connectivity index is 1.66. The lowest BCUT2D eigenvalue weighted by Crippen LogP contribution is -2.29.